The van der Waals surface area contributed by atoms with Crippen molar-refractivity contribution in [3.05, 3.63) is 35.9 Å². The van der Waals surface area contributed by atoms with E-state index in [0.29, 0.717) is 26.1 Å². The van der Waals surface area contributed by atoms with E-state index in [1.165, 1.54) is 4.90 Å². The second-order valence-electron chi connectivity index (χ2n) is 6.44. The molecule has 0 spiro atoms. The Kier molecular flexibility index (Phi) is 4.53. The molecule has 2 heterocycles. The normalized spacial score (nSPS) is 24.6. The lowest BCUT2D eigenvalue weighted by Crippen LogP contribution is -2.50. The third-order valence-corrected chi connectivity index (χ3v) is 4.78. The molecule has 24 heavy (non-hydrogen) atoms. The van der Waals surface area contributed by atoms with E-state index in [4.69, 9.17) is 5.73 Å². The second-order valence-corrected chi connectivity index (χ2v) is 6.44. The van der Waals surface area contributed by atoms with Crippen LogP contribution in [-0.4, -0.2) is 64.8 Å². The SMILES string of the molecule is CN1CN(C(=O)[C@H]2CC[C@@H](C(N)=O)N2Cc2ccccc2)CC1=O. The monoisotopic (exact) mass is 330 g/mol. The number of likely N-dealkylation sites (tertiary alicyclic amines) is 1. The smallest absolute Gasteiger partial charge is 0.243 e. The second kappa shape index (κ2) is 6.60. The molecule has 3 amide bonds. The van der Waals surface area contributed by atoms with Crippen LogP contribution in [0.3, 0.4) is 0 Å². The third kappa shape index (κ3) is 3.12. The van der Waals surface area contributed by atoms with Crippen molar-refractivity contribution < 1.29 is 14.4 Å². The zero-order valence-corrected chi connectivity index (χ0v) is 13.7. The van der Waals surface area contributed by atoms with Gasteiger partial charge in [0, 0.05) is 13.6 Å². The first-order chi connectivity index (χ1) is 11.5. The highest BCUT2D eigenvalue weighted by molar-refractivity contribution is 5.91. The maximum absolute atomic E-state index is 12.9. The fourth-order valence-electron chi connectivity index (χ4n) is 3.48. The van der Waals surface area contributed by atoms with Crippen molar-refractivity contribution in [2.75, 3.05) is 20.3 Å². The Morgan fingerprint density at radius 3 is 2.42 bits per heavy atom. The molecule has 2 N–H and O–H groups in total. The van der Waals surface area contributed by atoms with Crippen LogP contribution in [0.4, 0.5) is 0 Å². The summed E-state index contributed by atoms with van der Waals surface area (Å²) < 4.78 is 0. The molecule has 2 atom stereocenters. The summed E-state index contributed by atoms with van der Waals surface area (Å²) in [6.45, 7) is 0.892. The number of benzene rings is 1. The van der Waals surface area contributed by atoms with Gasteiger partial charge in [0.05, 0.1) is 18.8 Å². The van der Waals surface area contributed by atoms with Gasteiger partial charge in [-0.2, -0.15) is 0 Å². The van der Waals surface area contributed by atoms with Crippen LogP contribution in [0.5, 0.6) is 0 Å². The predicted octanol–water partition coefficient (Wildman–Crippen LogP) is -0.237. The maximum Gasteiger partial charge on any atom is 0.243 e. The fourth-order valence-corrected chi connectivity index (χ4v) is 3.48. The Balaban J connectivity index is 1.79. The lowest BCUT2D eigenvalue weighted by molar-refractivity contribution is -0.137. The average Bonchev–Trinajstić information content (AvgIpc) is 3.12. The lowest BCUT2D eigenvalue weighted by Gasteiger charge is -2.30. The number of carbonyl (C=O) groups excluding carboxylic acids is 3. The summed E-state index contributed by atoms with van der Waals surface area (Å²) in [5.41, 5.74) is 6.56. The molecule has 128 valence electrons. The number of nitrogens with zero attached hydrogens (tertiary/aromatic N) is 3. The first kappa shape index (κ1) is 16.4. The van der Waals surface area contributed by atoms with E-state index in [1.807, 2.05) is 35.2 Å². The van der Waals surface area contributed by atoms with Crippen molar-refractivity contribution in [3.8, 4) is 0 Å². The molecular weight excluding hydrogens is 308 g/mol. The molecule has 1 aromatic carbocycles. The van der Waals surface area contributed by atoms with Gasteiger partial charge in [0.25, 0.3) is 0 Å². The summed E-state index contributed by atoms with van der Waals surface area (Å²) in [5, 5.41) is 0. The van der Waals surface area contributed by atoms with Gasteiger partial charge in [-0.3, -0.25) is 19.3 Å². The topological polar surface area (TPSA) is 86.9 Å². The highest BCUT2D eigenvalue weighted by Crippen LogP contribution is 2.28. The molecule has 7 heteroatoms. The summed E-state index contributed by atoms with van der Waals surface area (Å²) >= 11 is 0. The number of hydrogen-bond donors (Lipinski definition) is 1. The first-order valence-electron chi connectivity index (χ1n) is 8.09. The fraction of sp³-hybridized carbons (Fsp3) is 0.471. The van der Waals surface area contributed by atoms with Crippen LogP contribution in [-0.2, 0) is 20.9 Å². The van der Waals surface area contributed by atoms with Crippen LogP contribution in [0, 0.1) is 0 Å². The molecular formula is C17H22N4O3. The van der Waals surface area contributed by atoms with Crippen LogP contribution in [0.15, 0.2) is 30.3 Å². The van der Waals surface area contributed by atoms with Crippen LogP contribution < -0.4 is 5.73 Å². The van der Waals surface area contributed by atoms with Gasteiger partial charge in [0.1, 0.15) is 6.54 Å². The number of rotatable bonds is 4. The van der Waals surface area contributed by atoms with Gasteiger partial charge < -0.3 is 15.5 Å². The van der Waals surface area contributed by atoms with Crippen LogP contribution >= 0.6 is 0 Å². The number of primary amides is 1. The zero-order chi connectivity index (χ0) is 17.3. The molecule has 3 rings (SSSR count). The molecule has 0 bridgehead atoms. The molecule has 2 aliphatic rings. The summed E-state index contributed by atoms with van der Waals surface area (Å²) in [6, 6.07) is 8.84. The number of carbonyl (C=O) groups is 3. The summed E-state index contributed by atoms with van der Waals surface area (Å²) in [6.07, 6.45) is 1.14. The lowest BCUT2D eigenvalue weighted by atomic mass is 10.1. The zero-order valence-electron chi connectivity index (χ0n) is 13.7. The largest absolute Gasteiger partial charge is 0.368 e. The summed E-state index contributed by atoms with van der Waals surface area (Å²) in [5.74, 6) is -0.578. The number of amides is 3. The molecule has 0 radical (unpaired) electrons. The number of nitrogens with two attached hydrogens (primary N) is 1. The molecule has 2 aliphatic heterocycles. The Morgan fingerprint density at radius 2 is 1.83 bits per heavy atom. The minimum Gasteiger partial charge on any atom is -0.368 e. The number of likely N-dealkylation sites (N-methyl/N-ethyl adjacent to an activating group) is 1. The van der Waals surface area contributed by atoms with Crippen LogP contribution in [0.2, 0.25) is 0 Å². The van der Waals surface area contributed by atoms with E-state index in [2.05, 4.69) is 0 Å². The molecule has 1 aromatic rings. The minimum atomic E-state index is -0.449. The Hall–Kier alpha value is -2.41. The molecule has 0 unspecified atom stereocenters. The van der Waals surface area contributed by atoms with Crippen LogP contribution in [0.1, 0.15) is 18.4 Å². The molecule has 0 saturated carbocycles. The van der Waals surface area contributed by atoms with Crippen molar-refractivity contribution in [2.24, 2.45) is 5.73 Å². The average molecular weight is 330 g/mol. The van der Waals surface area contributed by atoms with E-state index >= 15 is 0 Å². The van der Waals surface area contributed by atoms with Crippen molar-refractivity contribution in [2.45, 2.75) is 31.5 Å². The standard InChI is InChI=1S/C17H22N4O3/c1-19-11-20(10-15(19)22)17(24)14-8-7-13(16(18)23)21(14)9-12-5-3-2-4-6-12/h2-6,13-14H,7-11H2,1H3,(H2,18,23)/t13-,14+/m0/s1. The van der Waals surface area contributed by atoms with Gasteiger partial charge >= 0.3 is 0 Å². The third-order valence-electron chi connectivity index (χ3n) is 4.78. The van der Waals surface area contributed by atoms with Gasteiger partial charge in [0.15, 0.2) is 0 Å². The molecule has 0 aromatic heterocycles. The van der Waals surface area contributed by atoms with Crippen LogP contribution in [0.25, 0.3) is 0 Å². The maximum atomic E-state index is 12.9. The Bertz CT molecular complexity index is 648. The Morgan fingerprint density at radius 1 is 1.17 bits per heavy atom. The van der Waals surface area contributed by atoms with Crippen molar-refractivity contribution in [1.29, 1.82) is 0 Å². The quantitative estimate of drug-likeness (QED) is 0.826. The summed E-state index contributed by atoms with van der Waals surface area (Å²) in [4.78, 5) is 41.3. The summed E-state index contributed by atoms with van der Waals surface area (Å²) in [7, 11) is 1.68. The minimum absolute atomic E-state index is 0.0672. The number of hydrogen-bond acceptors (Lipinski definition) is 4. The van der Waals surface area contributed by atoms with Crippen molar-refractivity contribution >= 4 is 17.7 Å². The molecule has 7 nitrogen and oxygen atoms in total. The van der Waals surface area contributed by atoms with E-state index in [0.717, 1.165) is 5.56 Å². The van der Waals surface area contributed by atoms with E-state index in [-0.39, 0.29) is 18.4 Å². The van der Waals surface area contributed by atoms with E-state index in [1.54, 1.807) is 11.9 Å². The molecule has 2 saturated heterocycles. The molecule has 2 fully saturated rings. The molecule has 0 aliphatic carbocycles. The highest BCUT2D eigenvalue weighted by Gasteiger charge is 2.43. The van der Waals surface area contributed by atoms with Gasteiger partial charge in [0.2, 0.25) is 17.7 Å². The van der Waals surface area contributed by atoms with Gasteiger partial charge in [-0.15, -0.1) is 0 Å². The van der Waals surface area contributed by atoms with Gasteiger partial charge in [-0.1, -0.05) is 30.3 Å². The predicted molar refractivity (Wildman–Crippen MR) is 87.3 cm³/mol. The Labute approximate surface area is 141 Å². The highest BCUT2D eigenvalue weighted by atomic mass is 16.2. The van der Waals surface area contributed by atoms with Gasteiger partial charge in [-0.05, 0) is 18.4 Å². The van der Waals surface area contributed by atoms with E-state index < -0.39 is 18.0 Å². The van der Waals surface area contributed by atoms with Crippen molar-refractivity contribution in [3.63, 3.8) is 0 Å². The first-order valence-corrected chi connectivity index (χ1v) is 8.09. The van der Waals surface area contributed by atoms with Gasteiger partial charge in [-0.25, -0.2) is 0 Å². The van der Waals surface area contributed by atoms with E-state index in [9.17, 15) is 14.4 Å². The van der Waals surface area contributed by atoms with Crippen molar-refractivity contribution in [1.82, 2.24) is 14.7 Å².